The smallest absolute Gasteiger partial charge is 0.189 e. The highest BCUT2D eigenvalue weighted by Crippen LogP contribution is 2.49. The predicted octanol–water partition coefficient (Wildman–Crippen LogP) is 6.38. The average Bonchev–Trinajstić information content (AvgIpc) is 3.18. The fourth-order valence-electron chi connectivity index (χ4n) is 4.13. The number of anilines is 3. The lowest BCUT2D eigenvalue weighted by molar-refractivity contribution is 0.661. The van der Waals surface area contributed by atoms with Gasteiger partial charge in [-0.05, 0) is 37.6 Å². The van der Waals surface area contributed by atoms with Crippen LogP contribution < -0.4 is 9.80 Å². The van der Waals surface area contributed by atoms with Gasteiger partial charge in [0, 0.05) is 17.8 Å². The highest BCUT2D eigenvalue weighted by Gasteiger charge is 2.34. The number of hydrogen-bond donors (Lipinski definition) is 0. The standard InChI is InChI=1S/C23H19N3O/c1-14-9-11-18-17-7-5-6-8-21(17)27-23(18)22(14)26-15(2)25(4)19-12-10-16(24-3)13-20(19)26/h5-13,15H,1-2,4H3/t15-/m0/s1. The van der Waals surface area contributed by atoms with Gasteiger partial charge in [-0.3, -0.25) is 0 Å². The van der Waals surface area contributed by atoms with Crippen LogP contribution in [0.3, 0.4) is 0 Å². The topological polar surface area (TPSA) is 24.0 Å². The van der Waals surface area contributed by atoms with Crippen LogP contribution in [-0.4, -0.2) is 13.2 Å². The summed E-state index contributed by atoms with van der Waals surface area (Å²) < 4.78 is 6.31. The number of hydrogen-bond acceptors (Lipinski definition) is 3. The quantitative estimate of drug-likeness (QED) is 0.371. The minimum Gasteiger partial charge on any atom is -0.454 e. The Morgan fingerprint density at radius 3 is 2.63 bits per heavy atom. The molecule has 1 atom stereocenters. The van der Waals surface area contributed by atoms with E-state index in [2.05, 4.69) is 53.7 Å². The molecule has 0 saturated heterocycles. The van der Waals surface area contributed by atoms with Crippen molar-refractivity contribution in [2.45, 2.75) is 20.0 Å². The van der Waals surface area contributed by atoms with E-state index in [9.17, 15) is 0 Å². The van der Waals surface area contributed by atoms with Crippen LogP contribution in [0.15, 0.2) is 59.0 Å². The number of fused-ring (bicyclic) bond motifs is 4. The lowest BCUT2D eigenvalue weighted by Gasteiger charge is -2.29. The third-order valence-corrected chi connectivity index (χ3v) is 5.63. The molecule has 0 bridgehead atoms. The second-order valence-electron chi connectivity index (χ2n) is 7.10. The molecule has 4 heteroatoms. The summed E-state index contributed by atoms with van der Waals surface area (Å²) in [5.74, 6) is 0. The number of para-hydroxylation sites is 1. The molecule has 0 N–H and O–H groups in total. The molecule has 0 radical (unpaired) electrons. The zero-order valence-electron chi connectivity index (χ0n) is 15.5. The number of aryl methyl sites for hydroxylation is 1. The van der Waals surface area contributed by atoms with E-state index in [1.165, 1.54) is 0 Å². The van der Waals surface area contributed by atoms with Crippen LogP contribution >= 0.6 is 0 Å². The molecule has 4 nitrogen and oxygen atoms in total. The van der Waals surface area contributed by atoms with Crippen molar-refractivity contribution in [3.05, 3.63) is 71.6 Å². The maximum atomic E-state index is 7.40. The highest BCUT2D eigenvalue weighted by atomic mass is 16.3. The molecule has 0 saturated carbocycles. The van der Waals surface area contributed by atoms with Gasteiger partial charge in [0.2, 0.25) is 0 Å². The van der Waals surface area contributed by atoms with E-state index in [1.807, 2.05) is 36.4 Å². The van der Waals surface area contributed by atoms with Gasteiger partial charge in [0.1, 0.15) is 11.7 Å². The van der Waals surface area contributed by atoms with E-state index in [1.54, 1.807) is 0 Å². The Kier molecular flexibility index (Phi) is 3.23. The molecular weight excluding hydrogens is 334 g/mol. The molecule has 0 unspecified atom stereocenters. The zero-order chi connectivity index (χ0) is 18.7. The Hall–Kier alpha value is -3.45. The highest BCUT2D eigenvalue weighted by molar-refractivity contribution is 6.10. The molecule has 1 aromatic heterocycles. The summed E-state index contributed by atoms with van der Waals surface area (Å²) in [5, 5.41) is 2.25. The lowest BCUT2D eigenvalue weighted by Crippen LogP contribution is -2.36. The Balaban J connectivity index is 1.84. The van der Waals surface area contributed by atoms with Gasteiger partial charge in [0.05, 0.1) is 23.6 Å². The molecule has 5 rings (SSSR count). The van der Waals surface area contributed by atoms with Crippen molar-refractivity contribution >= 4 is 44.7 Å². The molecule has 0 spiro atoms. The van der Waals surface area contributed by atoms with Gasteiger partial charge >= 0.3 is 0 Å². The Labute approximate surface area is 158 Å². The van der Waals surface area contributed by atoms with Crippen molar-refractivity contribution in [2.24, 2.45) is 0 Å². The first-order valence-electron chi connectivity index (χ1n) is 9.04. The maximum absolute atomic E-state index is 7.40. The van der Waals surface area contributed by atoms with Crippen LogP contribution in [0.25, 0.3) is 26.8 Å². The summed E-state index contributed by atoms with van der Waals surface area (Å²) in [6.45, 7) is 11.7. The zero-order valence-corrected chi connectivity index (χ0v) is 15.5. The van der Waals surface area contributed by atoms with Crippen molar-refractivity contribution in [1.82, 2.24) is 0 Å². The lowest BCUT2D eigenvalue weighted by atomic mass is 10.1. The molecule has 1 aliphatic heterocycles. The Bertz CT molecular complexity index is 1250. The maximum Gasteiger partial charge on any atom is 0.189 e. The molecule has 27 heavy (non-hydrogen) atoms. The van der Waals surface area contributed by atoms with E-state index in [0.29, 0.717) is 5.69 Å². The molecule has 0 fully saturated rings. The van der Waals surface area contributed by atoms with Crippen molar-refractivity contribution in [3.8, 4) is 0 Å². The Morgan fingerprint density at radius 2 is 1.81 bits per heavy atom. The normalized spacial score (nSPS) is 16.1. The average molecular weight is 353 g/mol. The largest absolute Gasteiger partial charge is 0.454 e. The van der Waals surface area contributed by atoms with E-state index < -0.39 is 0 Å². The van der Waals surface area contributed by atoms with Gasteiger partial charge in [-0.2, -0.15) is 0 Å². The molecule has 2 heterocycles. The monoisotopic (exact) mass is 353 g/mol. The molecule has 132 valence electrons. The third-order valence-electron chi connectivity index (χ3n) is 5.63. The summed E-state index contributed by atoms with van der Waals surface area (Å²) >= 11 is 0. The van der Waals surface area contributed by atoms with Crippen LogP contribution in [0.5, 0.6) is 0 Å². The van der Waals surface area contributed by atoms with Crippen molar-refractivity contribution in [3.63, 3.8) is 0 Å². The van der Waals surface area contributed by atoms with Crippen molar-refractivity contribution < 1.29 is 4.42 Å². The van der Waals surface area contributed by atoms with Crippen molar-refractivity contribution in [1.29, 1.82) is 0 Å². The van der Waals surface area contributed by atoms with Crippen LogP contribution in [0.1, 0.15) is 12.5 Å². The van der Waals surface area contributed by atoms with E-state index in [0.717, 1.165) is 44.6 Å². The molecule has 0 amide bonds. The summed E-state index contributed by atoms with van der Waals surface area (Å²) in [7, 11) is 2.09. The van der Waals surface area contributed by atoms with Crippen LogP contribution in [0.2, 0.25) is 0 Å². The number of nitrogens with zero attached hydrogens (tertiary/aromatic N) is 3. The SMILES string of the molecule is [C-]#[N+]c1ccc2c(c1)N(c1c(C)ccc3c1oc1ccccc13)[C@@H](C)N2C. The summed E-state index contributed by atoms with van der Waals surface area (Å²) in [4.78, 5) is 8.16. The van der Waals surface area contributed by atoms with E-state index >= 15 is 0 Å². The molecule has 0 aliphatic carbocycles. The minimum atomic E-state index is 0.124. The second kappa shape index (κ2) is 5.52. The fraction of sp³-hybridized carbons (Fsp3) is 0.174. The fourth-order valence-corrected chi connectivity index (χ4v) is 4.13. The Morgan fingerprint density at radius 1 is 1.00 bits per heavy atom. The molecule has 3 aromatic carbocycles. The number of furan rings is 1. The number of benzene rings is 3. The van der Waals surface area contributed by atoms with Gasteiger partial charge in [-0.25, -0.2) is 4.85 Å². The molecular formula is C23H19N3O. The molecule has 4 aromatic rings. The van der Waals surface area contributed by atoms with E-state index in [-0.39, 0.29) is 6.17 Å². The van der Waals surface area contributed by atoms with Gasteiger partial charge in [-0.15, -0.1) is 0 Å². The van der Waals surface area contributed by atoms with Crippen molar-refractivity contribution in [2.75, 3.05) is 16.8 Å². The van der Waals surface area contributed by atoms with Gasteiger partial charge in [-0.1, -0.05) is 36.4 Å². The molecule has 1 aliphatic rings. The van der Waals surface area contributed by atoms with E-state index in [4.69, 9.17) is 11.0 Å². The third kappa shape index (κ3) is 2.09. The van der Waals surface area contributed by atoms with Crippen LogP contribution in [0, 0.1) is 13.5 Å². The predicted molar refractivity (Wildman–Crippen MR) is 111 cm³/mol. The first-order chi connectivity index (χ1) is 13.1. The van der Waals surface area contributed by atoms with Crippen LogP contribution in [0.4, 0.5) is 22.7 Å². The second-order valence-corrected chi connectivity index (χ2v) is 7.10. The van der Waals surface area contributed by atoms with Gasteiger partial charge < -0.3 is 14.2 Å². The minimum absolute atomic E-state index is 0.124. The summed E-state index contributed by atoms with van der Waals surface area (Å²) in [5.41, 5.74) is 6.85. The van der Waals surface area contributed by atoms with Gasteiger partial charge in [0.15, 0.2) is 11.3 Å². The summed E-state index contributed by atoms with van der Waals surface area (Å²) in [6.07, 6.45) is 0.124. The summed E-state index contributed by atoms with van der Waals surface area (Å²) in [6, 6.07) is 18.3. The van der Waals surface area contributed by atoms with Crippen LogP contribution in [-0.2, 0) is 0 Å². The first-order valence-corrected chi connectivity index (χ1v) is 9.04. The number of rotatable bonds is 1. The first kappa shape index (κ1) is 15.8. The van der Waals surface area contributed by atoms with Gasteiger partial charge in [0.25, 0.3) is 0 Å².